The van der Waals surface area contributed by atoms with Gasteiger partial charge < -0.3 is 10.2 Å². The summed E-state index contributed by atoms with van der Waals surface area (Å²) >= 11 is 3.39. The molecule has 1 aliphatic heterocycles. The number of hydrogen-bond donors (Lipinski definition) is 1. The molecule has 1 saturated heterocycles. The Balaban J connectivity index is 1.42. The maximum absolute atomic E-state index is 13.0. The van der Waals surface area contributed by atoms with Gasteiger partial charge in [-0.05, 0) is 81.1 Å². The van der Waals surface area contributed by atoms with Gasteiger partial charge in [0, 0.05) is 35.1 Å². The number of amides is 2. The molecule has 1 aromatic heterocycles. The van der Waals surface area contributed by atoms with Gasteiger partial charge in [-0.2, -0.15) is 5.10 Å². The summed E-state index contributed by atoms with van der Waals surface area (Å²) in [5.74, 6) is 0.531. The number of piperidine rings is 1. The third-order valence-electron chi connectivity index (χ3n) is 5.78. The molecule has 2 aromatic carbocycles. The molecule has 0 unspecified atom stereocenters. The molecule has 0 aliphatic carbocycles. The van der Waals surface area contributed by atoms with Crippen LogP contribution >= 0.6 is 15.9 Å². The highest BCUT2D eigenvalue weighted by Gasteiger charge is 2.28. The number of likely N-dealkylation sites (tertiary alicyclic amines) is 1. The molecule has 7 heteroatoms. The Morgan fingerprint density at radius 2 is 1.59 bits per heavy atom. The number of hydrogen-bond acceptors (Lipinski definition) is 3. The number of rotatable bonds is 4. The smallest absolute Gasteiger partial charge is 0.253 e. The van der Waals surface area contributed by atoms with E-state index in [0.717, 1.165) is 27.0 Å². The molecular formula is C25H27BrN4O2. The molecule has 6 nitrogen and oxygen atoms in total. The van der Waals surface area contributed by atoms with E-state index >= 15 is 0 Å². The van der Waals surface area contributed by atoms with Crippen molar-refractivity contribution >= 4 is 33.6 Å². The Hall–Kier alpha value is -2.93. The standard InChI is InChI=1S/C25H27BrN4O2/c1-16-12-17(2)14-22(13-16)30-23(15-18(3)28-30)27-24(31)19-8-10-29(11-9-19)25(32)20-4-6-21(26)7-5-20/h4-7,12-15,19H,8-11H2,1-3H3,(H,27,31). The summed E-state index contributed by atoms with van der Waals surface area (Å²) in [5.41, 5.74) is 4.74. The molecule has 0 saturated carbocycles. The normalized spacial score (nSPS) is 14.4. The molecule has 3 aromatic rings. The zero-order valence-electron chi connectivity index (χ0n) is 18.6. The summed E-state index contributed by atoms with van der Waals surface area (Å²) in [6.07, 6.45) is 1.29. The quantitative estimate of drug-likeness (QED) is 0.551. The van der Waals surface area contributed by atoms with Crippen molar-refractivity contribution in [2.45, 2.75) is 33.6 Å². The fraction of sp³-hybridized carbons (Fsp3) is 0.320. The average Bonchev–Trinajstić information content (AvgIpc) is 3.13. The summed E-state index contributed by atoms with van der Waals surface area (Å²) in [6, 6.07) is 15.5. The summed E-state index contributed by atoms with van der Waals surface area (Å²) in [6.45, 7) is 7.16. The third kappa shape index (κ3) is 4.93. The van der Waals surface area contributed by atoms with Crippen LogP contribution in [0.1, 0.15) is 40.0 Å². The maximum Gasteiger partial charge on any atom is 0.253 e. The highest BCUT2D eigenvalue weighted by molar-refractivity contribution is 9.10. The van der Waals surface area contributed by atoms with Gasteiger partial charge >= 0.3 is 0 Å². The first-order valence-corrected chi connectivity index (χ1v) is 11.6. The van der Waals surface area contributed by atoms with Crippen LogP contribution in [0.4, 0.5) is 5.82 Å². The molecule has 0 radical (unpaired) electrons. The first-order chi connectivity index (χ1) is 15.3. The second-order valence-corrected chi connectivity index (χ2v) is 9.41. The number of carbonyl (C=O) groups excluding carboxylic acids is 2. The summed E-state index contributed by atoms with van der Waals surface area (Å²) in [5, 5.41) is 7.66. The average molecular weight is 495 g/mol. The van der Waals surface area contributed by atoms with Crippen molar-refractivity contribution in [3.05, 3.63) is 75.4 Å². The van der Waals surface area contributed by atoms with Crippen molar-refractivity contribution in [1.82, 2.24) is 14.7 Å². The van der Waals surface area contributed by atoms with Crippen LogP contribution in [0.5, 0.6) is 0 Å². The van der Waals surface area contributed by atoms with E-state index in [0.29, 0.717) is 37.3 Å². The first-order valence-electron chi connectivity index (χ1n) is 10.8. The van der Waals surface area contributed by atoms with Crippen LogP contribution in [0.25, 0.3) is 5.69 Å². The molecule has 4 rings (SSSR count). The number of aromatic nitrogens is 2. The van der Waals surface area contributed by atoms with E-state index in [2.05, 4.69) is 58.4 Å². The zero-order valence-corrected chi connectivity index (χ0v) is 20.1. The SMILES string of the molecule is Cc1cc(C)cc(-n2nc(C)cc2NC(=O)C2CCN(C(=O)c3ccc(Br)cc3)CC2)c1. The van der Waals surface area contributed by atoms with Crippen LogP contribution in [0.15, 0.2) is 53.0 Å². The Labute approximate surface area is 196 Å². The van der Waals surface area contributed by atoms with E-state index in [-0.39, 0.29) is 17.7 Å². The van der Waals surface area contributed by atoms with Gasteiger partial charge in [0.25, 0.3) is 5.91 Å². The van der Waals surface area contributed by atoms with Gasteiger partial charge in [-0.1, -0.05) is 22.0 Å². The van der Waals surface area contributed by atoms with E-state index in [4.69, 9.17) is 0 Å². The Kier molecular flexibility index (Phi) is 6.46. The number of anilines is 1. The van der Waals surface area contributed by atoms with Gasteiger partial charge in [0.05, 0.1) is 11.4 Å². The van der Waals surface area contributed by atoms with Crippen molar-refractivity contribution < 1.29 is 9.59 Å². The molecule has 0 atom stereocenters. The van der Waals surface area contributed by atoms with E-state index in [1.807, 2.05) is 42.2 Å². The molecule has 1 N–H and O–H groups in total. The monoisotopic (exact) mass is 494 g/mol. The highest BCUT2D eigenvalue weighted by atomic mass is 79.9. The van der Waals surface area contributed by atoms with Gasteiger partial charge in [0.15, 0.2) is 0 Å². The van der Waals surface area contributed by atoms with Crippen LogP contribution < -0.4 is 5.32 Å². The third-order valence-corrected chi connectivity index (χ3v) is 6.31. The van der Waals surface area contributed by atoms with Crippen molar-refractivity contribution in [2.75, 3.05) is 18.4 Å². The molecule has 2 heterocycles. The lowest BCUT2D eigenvalue weighted by molar-refractivity contribution is -0.121. The minimum Gasteiger partial charge on any atom is -0.339 e. The number of carbonyl (C=O) groups is 2. The summed E-state index contributed by atoms with van der Waals surface area (Å²) < 4.78 is 2.74. The second kappa shape index (κ2) is 9.28. The van der Waals surface area contributed by atoms with Crippen molar-refractivity contribution in [2.24, 2.45) is 5.92 Å². The second-order valence-electron chi connectivity index (χ2n) is 8.49. The van der Waals surface area contributed by atoms with Crippen LogP contribution in [0.2, 0.25) is 0 Å². The van der Waals surface area contributed by atoms with Crippen LogP contribution in [-0.2, 0) is 4.79 Å². The van der Waals surface area contributed by atoms with Gasteiger partial charge in [0.1, 0.15) is 5.82 Å². The van der Waals surface area contributed by atoms with Crippen molar-refractivity contribution in [1.29, 1.82) is 0 Å². The predicted molar refractivity (Wildman–Crippen MR) is 129 cm³/mol. The van der Waals surface area contributed by atoms with Gasteiger partial charge in [-0.25, -0.2) is 4.68 Å². The number of nitrogens with one attached hydrogen (secondary N) is 1. The lowest BCUT2D eigenvalue weighted by Crippen LogP contribution is -2.41. The van der Waals surface area contributed by atoms with Crippen molar-refractivity contribution in [3.8, 4) is 5.69 Å². The topological polar surface area (TPSA) is 67.2 Å². The lowest BCUT2D eigenvalue weighted by Gasteiger charge is -2.31. The van der Waals surface area contributed by atoms with Crippen LogP contribution in [0.3, 0.4) is 0 Å². The molecule has 1 fully saturated rings. The zero-order chi connectivity index (χ0) is 22.8. The Morgan fingerprint density at radius 3 is 2.22 bits per heavy atom. The summed E-state index contributed by atoms with van der Waals surface area (Å²) in [7, 11) is 0. The first kappa shape index (κ1) is 22.3. The van der Waals surface area contributed by atoms with Gasteiger partial charge in [-0.15, -0.1) is 0 Å². The highest BCUT2D eigenvalue weighted by Crippen LogP contribution is 2.24. The van der Waals surface area contributed by atoms with E-state index < -0.39 is 0 Å². The van der Waals surface area contributed by atoms with Crippen molar-refractivity contribution in [3.63, 3.8) is 0 Å². The molecule has 1 aliphatic rings. The molecule has 32 heavy (non-hydrogen) atoms. The predicted octanol–water partition coefficient (Wildman–Crippen LogP) is 5.05. The maximum atomic E-state index is 13.0. The number of benzene rings is 2. The van der Waals surface area contributed by atoms with Gasteiger partial charge in [-0.3, -0.25) is 9.59 Å². The van der Waals surface area contributed by atoms with E-state index in [9.17, 15) is 9.59 Å². The Morgan fingerprint density at radius 1 is 0.969 bits per heavy atom. The minimum absolute atomic E-state index is 0.0138. The van der Waals surface area contributed by atoms with Gasteiger partial charge in [0.2, 0.25) is 5.91 Å². The molecule has 2 amide bonds. The number of aryl methyl sites for hydroxylation is 3. The van der Waals surface area contributed by atoms with E-state index in [1.165, 1.54) is 0 Å². The minimum atomic E-state index is -0.133. The van der Waals surface area contributed by atoms with Crippen LogP contribution in [-0.4, -0.2) is 39.6 Å². The fourth-order valence-electron chi connectivity index (χ4n) is 4.21. The van der Waals surface area contributed by atoms with Crippen LogP contribution in [0, 0.1) is 26.7 Å². The molecule has 0 bridgehead atoms. The molecule has 166 valence electrons. The van der Waals surface area contributed by atoms with E-state index in [1.54, 1.807) is 4.68 Å². The number of nitrogens with zero attached hydrogens (tertiary/aromatic N) is 3. The fourth-order valence-corrected chi connectivity index (χ4v) is 4.47. The largest absolute Gasteiger partial charge is 0.339 e. The molecule has 0 spiro atoms. The summed E-state index contributed by atoms with van der Waals surface area (Å²) in [4.78, 5) is 27.6. The molecular weight excluding hydrogens is 468 g/mol. The number of halogens is 1. The Bertz CT molecular complexity index is 1120. The lowest BCUT2D eigenvalue weighted by atomic mass is 9.95.